The minimum absolute atomic E-state index is 0.343. The highest BCUT2D eigenvalue weighted by Gasteiger charge is 2.53. The van der Waals surface area contributed by atoms with Crippen molar-refractivity contribution in [2.24, 2.45) is 0 Å². The van der Waals surface area contributed by atoms with Crippen molar-refractivity contribution >= 4 is 0 Å². The third-order valence-corrected chi connectivity index (χ3v) is 13.6. The molecule has 0 atom stereocenters. The quantitative estimate of drug-likeness (QED) is 0.168. The summed E-state index contributed by atoms with van der Waals surface area (Å²) in [5, 5.41) is 0. The Morgan fingerprint density at radius 3 is 1.14 bits per heavy atom. The highest BCUT2D eigenvalue weighted by Crippen LogP contribution is 2.63. The summed E-state index contributed by atoms with van der Waals surface area (Å²) in [7, 11) is 0. The number of nitrogens with zero attached hydrogens (tertiary/aromatic N) is 3. The molecule has 10 aromatic rings. The van der Waals surface area contributed by atoms with Crippen molar-refractivity contribution in [1.82, 2.24) is 15.0 Å². The predicted octanol–water partition coefficient (Wildman–Crippen LogP) is 14.9. The molecule has 0 N–H and O–H groups in total. The van der Waals surface area contributed by atoms with E-state index >= 15 is 0 Å². The second kappa shape index (κ2) is 14.8. The maximum absolute atomic E-state index is 5.35. The van der Waals surface area contributed by atoms with E-state index in [9.17, 15) is 0 Å². The van der Waals surface area contributed by atoms with Gasteiger partial charge in [-0.05, 0) is 77.9 Å². The van der Waals surface area contributed by atoms with Gasteiger partial charge in [0.25, 0.3) is 0 Å². The Kier molecular flexibility index (Phi) is 8.74. The maximum Gasteiger partial charge on any atom is 0.164 e. The van der Waals surface area contributed by atoms with Gasteiger partial charge >= 0.3 is 0 Å². The van der Waals surface area contributed by atoms with Gasteiger partial charge in [0.05, 0.1) is 5.41 Å². The molecule has 0 bridgehead atoms. The van der Waals surface area contributed by atoms with E-state index in [0.717, 1.165) is 33.4 Å². The first kappa shape index (κ1) is 37.7. The molecule has 3 nitrogen and oxygen atoms in total. The summed E-state index contributed by atoms with van der Waals surface area (Å²) in [5.41, 5.74) is 19.4. The molecule has 0 unspecified atom stereocenters. The summed E-state index contributed by atoms with van der Waals surface area (Å²) in [5.74, 6) is 1.89. The van der Waals surface area contributed by atoms with Crippen LogP contribution in [0.1, 0.15) is 47.2 Å². The normalized spacial score (nSPS) is 13.7. The van der Waals surface area contributed by atoms with E-state index in [0.29, 0.717) is 17.5 Å². The molecule has 2 aliphatic carbocycles. The fourth-order valence-corrected chi connectivity index (χ4v) is 10.8. The summed E-state index contributed by atoms with van der Waals surface area (Å²) in [6.45, 7) is 4.79. The Hall–Kier alpha value is -8.01. The predicted molar refractivity (Wildman–Crippen MR) is 262 cm³/mol. The van der Waals surface area contributed by atoms with Gasteiger partial charge in [-0.25, -0.2) is 15.0 Å². The van der Waals surface area contributed by atoms with Crippen LogP contribution in [0.5, 0.6) is 0 Å². The van der Waals surface area contributed by atoms with Gasteiger partial charge in [0.1, 0.15) is 0 Å². The first-order valence-electron chi connectivity index (χ1n) is 22.1. The lowest BCUT2D eigenvalue weighted by Gasteiger charge is -2.47. The Bertz CT molecular complexity index is 3240. The van der Waals surface area contributed by atoms with Crippen molar-refractivity contribution in [3.05, 3.63) is 258 Å². The van der Waals surface area contributed by atoms with Gasteiger partial charge in [-0.15, -0.1) is 0 Å². The van der Waals surface area contributed by atoms with Gasteiger partial charge in [-0.1, -0.05) is 238 Å². The van der Waals surface area contributed by atoms with Crippen molar-refractivity contribution in [3.8, 4) is 78.7 Å². The fraction of sp³-hybridized carbons (Fsp3) is 0.0656. The van der Waals surface area contributed by atoms with Crippen LogP contribution in [0.3, 0.4) is 0 Å². The monoisotopic (exact) mass is 817 g/mol. The Morgan fingerprint density at radius 1 is 0.250 bits per heavy atom. The SMILES string of the molecule is CC1(C)c2ccccc2C2(c3ccccc3-c3ccccc32)c2cccc(-c3ccccc3-c3nc(-c4ccc(-c5ccccc5)cc4)nc(-c4ccc(-c5ccccc5)cc4)n3)c21. The lowest BCUT2D eigenvalue weighted by molar-refractivity contribution is 0.565. The third kappa shape index (κ3) is 5.78. The standard InChI is InChI=1S/C61H43N3/c1-60(2)53-29-15-16-30-54(53)61(51-27-13-11-23-47(51)48-24-12-14-28-52(48)61)55-31-17-26-49(56(55)60)46-22-9-10-25-50(46)59-63-57(44-36-32-42(33-37-44)40-18-5-3-6-19-40)62-58(64-59)45-38-34-43(35-39-45)41-20-7-4-8-21-41/h3-39H,1-2H3. The Labute approximate surface area is 374 Å². The average molecular weight is 818 g/mol. The molecule has 0 fully saturated rings. The van der Waals surface area contributed by atoms with E-state index < -0.39 is 5.41 Å². The van der Waals surface area contributed by atoms with E-state index in [4.69, 9.17) is 15.0 Å². The van der Waals surface area contributed by atoms with Crippen LogP contribution in [-0.2, 0) is 10.8 Å². The van der Waals surface area contributed by atoms with Gasteiger partial charge in [0.2, 0.25) is 0 Å². The summed E-state index contributed by atoms with van der Waals surface area (Å²) >= 11 is 0. The zero-order valence-electron chi connectivity index (χ0n) is 35.7. The van der Waals surface area contributed by atoms with Crippen molar-refractivity contribution in [3.63, 3.8) is 0 Å². The molecule has 12 rings (SSSR count). The van der Waals surface area contributed by atoms with E-state index in [1.165, 1.54) is 61.2 Å². The third-order valence-electron chi connectivity index (χ3n) is 13.6. The molecule has 3 heteroatoms. The van der Waals surface area contributed by atoms with Crippen LogP contribution in [-0.4, -0.2) is 15.0 Å². The van der Waals surface area contributed by atoms with Gasteiger partial charge in [0.15, 0.2) is 17.5 Å². The topological polar surface area (TPSA) is 38.7 Å². The molecule has 0 aliphatic heterocycles. The number of hydrogen-bond donors (Lipinski definition) is 0. The minimum atomic E-state index is -0.495. The fourth-order valence-electron chi connectivity index (χ4n) is 10.8. The molecule has 2 aliphatic rings. The smallest absolute Gasteiger partial charge is 0.164 e. The highest BCUT2D eigenvalue weighted by molar-refractivity contribution is 5.92. The molecule has 302 valence electrons. The van der Waals surface area contributed by atoms with Crippen LogP contribution in [0.4, 0.5) is 0 Å². The van der Waals surface area contributed by atoms with E-state index in [2.05, 4.69) is 226 Å². The summed E-state index contributed by atoms with van der Waals surface area (Å²) < 4.78 is 0. The first-order valence-corrected chi connectivity index (χ1v) is 22.1. The maximum atomic E-state index is 5.35. The molecule has 0 radical (unpaired) electrons. The number of rotatable bonds is 6. The molecule has 0 saturated heterocycles. The van der Waals surface area contributed by atoms with Crippen molar-refractivity contribution < 1.29 is 0 Å². The molecule has 0 saturated carbocycles. The van der Waals surface area contributed by atoms with E-state index in [-0.39, 0.29) is 5.41 Å². The molecule has 1 spiro atoms. The molecule has 64 heavy (non-hydrogen) atoms. The highest BCUT2D eigenvalue weighted by atomic mass is 15.0. The molecule has 1 aromatic heterocycles. The zero-order chi connectivity index (χ0) is 42.8. The lowest BCUT2D eigenvalue weighted by atomic mass is 9.54. The molecule has 0 amide bonds. The van der Waals surface area contributed by atoms with Crippen LogP contribution in [0, 0.1) is 0 Å². The van der Waals surface area contributed by atoms with E-state index in [1.54, 1.807) is 0 Å². The zero-order valence-corrected chi connectivity index (χ0v) is 35.7. The van der Waals surface area contributed by atoms with E-state index in [1.807, 2.05) is 12.1 Å². The van der Waals surface area contributed by atoms with Gasteiger partial charge in [-0.2, -0.15) is 0 Å². The molecular formula is C61H43N3. The van der Waals surface area contributed by atoms with Crippen molar-refractivity contribution in [2.75, 3.05) is 0 Å². The minimum Gasteiger partial charge on any atom is -0.208 e. The number of benzene rings is 9. The van der Waals surface area contributed by atoms with Crippen molar-refractivity contribution in [2.45, 2.75) is 24.7 Å². The van der Waals surface area contributed by atoms with Crippen LogP contribution >= 0.6 is 0 Å². The second-order valence-corrected chi connectivity index (χ2v) is 17.5. The van der Waals surface area contributed by atoms with Crippen LogP contribution in [0.15, 0.2) is 224 Å². The van der Waals surface area contributed by atoms with Crippen LogP contribution < -0.4 is 0 Å². The molecular weight excluding hydrogens is 775 g/mol. The Morgan fingerprint density at radius 2 is 0.609 bits per heavy atom. The largest absolute Gasteiger partial charge is 0.208 e. The molecule has 1 heterocycles. The second-order valence-electron chi connectivity index (χ2n) is 17.5. The summed E-state index contributed by atoms with van der Waals surface area (Å²) in [6.07, 6.45) is 0. The number of hydrogen-bond acceptors (Lipinski definition) is 3. The first-order chi connectivity index (χ1) is 31.5. The Balaban J connectivity index is 1.07. The molecule has 9 aromatic carbocycles. The van der Waals surface area contributed by atoms with Crippen molar-refractivity contribution in [1.29, 1.82) is 0 Å². The van der Waals surface area contributed by atoms with Crippen LogP contribution in [0.25, 0.3) is 78.7 Å². The summed E-state index contributed by atoms with van der Waals surface area (Å²) in [6, 6.07) is 80.8. The lowest BCUT2D eigenvalue weighted by Crippen LogP contribution is -2.41. The van der Waals surface area contributed by atoms with Gasteiger partial charge in [0, 0.05) is 22.1 Å². The average Bonchev–Trinajstić information content (AvgIpc) is 3.67. The van der Waals surface area contributed by atoms with Gasteiger partial charge in [-0.3, -0.25) is 0 Å². The number of aromatic nitrogens is 3. The number of fused-ring (bicyclic) bond motifs is 9. The summed E-state index contributed by atoms with van der Waals surface area (Å²) in [4.78, 5) is 15.9. The van der Waals surface area contributed by atoms with Gasteiger partial charge < -0.3 is 0 Å². The van der Waals surface area contributed by atoms with Crippen LogP contribution in [0.2, 0.25) is 0 Å².